The molecule has 1 amide bonds. The van der Waals surface area contributed by atoms with Crippen LogP contribution in [0.4, 0.5) is 8.78 Å². The van der Waals surface area contributed by atoms with Crippen molar-refractivity contribution in [2.24, 2.45) is 0 Å². The third-order valence-electron chi connectivity index (χ3n) is 5.37. The quantitative estimate of drug-likeness (QED) is 0.381. The molecule has 2 heterocycles. The summed E-state index contributed by atoms with van der Waals surface area (Å²) < 4.78 is 33.4. The molecule has 4 rings (SSSR count). The lowest BCUT2D eigenvalue weighted by atomic mass is 9.94. The molecule has 0 bridgehead atoms. The van der Waals surface area contributed by atoms with Crippen molar-refractivity contribution < 1.29 is 27.9 Å². The number of benzene rings is 2. The van der Waals surface area contributed by atoms with Gasteiger partial charge in [0, 0.05) is 29.8 Å². The number of pyridine rings is 1. The zero-order valence-electron chi connectivity index (χ0n) is 17.9. The molecule has 0 radical (unpaired) electrons. The summed E-state index contributed by atoms with van der Waals surface area (Å²) in [4.78, 5) is 27.8. The number of furan rings is 1. The molecule has 0 atom stereocenters. The largest absolute Gasteiger partial charge is 0.478 e. The number of carboxylic acid groups (broad SMARTS) is 1. The van der Waals surface area contributed by atoms with Crippen LogP contribution < -0.4 is 5.32 Å². The summed E-state index contributed by atoms with van der Waals surface area (Å²) in [6.07, 6.45) is 2.68. The maximum Gasteiger partial charge on any atom is 0.340 e. The number of nitrogens with zero attached hydrogens (tertiary/aromatic N) is 1. The molecule has 0 fully saturated rings. The average Bonchev–Trinajstić information content (AvgIpc) is 3.17. The van der Waals surface area contributed by atoms with Crippen molar-refractivity contribution in [2.75, 3.05) is 7.05 Å². The molecule has 8 heteroatoms. The summed E-state index contributed by atoms with van der Waals surface area (Å²) >= 11 is 0. The van der Waals surface area contributed by atoms with Crippen LogP contribution in [0.1, 0.15) is 39.6 Å². The predicted octanol–water partition coefficient (Wildman–Crippen LogP) is 5.45. The van der Waals surface area contributed by atoms with Gasteiger partial charge in [-0.15, -0.1) is 0 Å². The first-order valence-electron chi connectivity index (χ1n) is 10.3. The van der Waals surface area contributed by atoms with Crippen molar-refractivity contribution in [2.45, 2.75) is 19.8 Å². The van der Waals surface area contributed by atoms with Gasteiger partial charge in [0.2, 0.25) is 5.95 Å². The lowest BCUT2D eigenvalue weighted by Crippen LogP contribution is -2.18. The topological polar surface area (TPSA) is 92.4 Å². The third-order valence-corrected chi connectivity index (χ3v) is 5.37. The van der Waals surface area contributed by atoms with Gasteiger partial charge < -0.3 is 14.8 Å². The Morgan fingerprint density at radius 2 is 1.82 bits per heavy atom. The first kappa shape index (κ1) is 22.1. The van der Waals surface area contributed by atoms with Gasteiger partial charge in [0.15, 0.2) is 0 Å². The number of amides is 1. The fourth-order valence-electron chi connectivity index (χ4n) is 3.83. The van der Waals surface area contributed by atoms with Gasteiger partial charge in [0.1, 0.15) is 22.7 Å². The van der Waals surface area contributed by atoms with E-state index in [1.54, 1.807) is 12.1 Å². The molecule has 4 aromatic rings. The maximum atomic E-state index is 13.9. The smallest absolute Gasteiger partial charge is 0.340 e. The summed E-state index contributed by atoms with van der Waals surface area (Å²) in [5.74, 6) is -3.02. The lowest BCUT2D eigenvalue weighted by molar-refractivity contribution is 0.0690. The molecule has 0 unspecified atom stereocenters. The van der Waals surface area contributed by atoms with Crippen LogP contribution in [0.25, 0.3) is 33.4 Å². The molecule has 0 spiro atoms. The SMILES string of the molecule is CCCc1cc2oc(-c3ccc(F)cc3)c(C(=O)NC)c2cc1-c1cnc(F)c(C(=O)O)c1. The minimum Gasteiger partial charge on any atom is -0.478 e. The highest BCUT2D eigenvalue weighted by Gasteiger charge is 2.24. The van der Waals surface area contributed by atoms with Crippen molar-refractivity contribution in [1.82, 2.24) is 10.3 Å². The Morgan fingerprint density at radius 1 is 1.09 bits per heavy atom. The molecule has 2 N–H and O–H groups in total. The van der Waals surface area contributed by atoms with E-state index in [1.165, 1.54) is 43.6 Å². The molecule has 2 aromatic carbocycles. The monoisotopic (exact) mass is 450 g/mol. The molecule has 2 aromatic heterocycles. The Balaban J connectivity index is 2.01. The van der Waals surface area contributed by atoms with E-state index in [9.17, 15) is 23.5 Å². The Labute approximate surface area is 187 Å². The maximum absolute atomic E-state index is 13.9. The number of fused-ring (bicyclic) bond motifs is 1. The van der Waals surface area contributed by atoms with Crippen LogP contribution in [-0.2, 0) is 6.42 Å². The van der Waals surface area contributed by atoms with E-state index in [0.29, 0.717) is 34.1 Å². The highest BCUT2D eigenvalue weighted by Crippen LogP contribution is 2.38. The van der Waals surface area contributed by atoms with Crippen molar-refractivity contribution in [3.63, 3.8) is 0 Å². The Bertz CT molecular complexity index is 1380. The zero-order chi connectivity index (χ0) is 23.7. The Morgan fingerprint density at radius 3 is 2.45 bits per heavy atom. The van der Waals surface area contributed by atoms with Crippen LogP contribution in [0.2, 0.25) is 0 Å². The fraction of sp³-hybridized carbons (Fsp3) is 0.160. The summed E-state index contributed by atoms with van der Waals surface area (Å²) in [5.41, 5.74) is 2.56. The normalized spacial score (nSPS) is 11.0. The van der Waals surface area contributed by atoms with E-state index in [1.807, 2.05) is 6.92 Å². The van der Waals surface area contributed by atoms with E-state index in [2.05, 4.69) is 10.3 Å². The van der Waals surface area contributed by atoms with E-state index >= 15 is 0 Å². The van der Waals surface area contributed by atoms with Crippen LogP contribution in [0, 0.1) is 11.8 Å². The summed E-state index contributed by atoms with van der Waals surface area (Å²) in [6, 6.07) is 10.3. The summed E-state index contributed by atoms with van der Waals surface area (Å²) in [6.45, 7) is 1.99. The minimum atomic E-state index is -1.42. The number of carbonyl (C=O) groups is 2. The number of carboxylic acids is 1. The van der Waals surface area contributed by atoms with Crippen LogP contribution in [0.5, 0.6) is 0 Å². The predicted molar refractivity (Wildman–Crippen MR) is 119 cm³/mol. The molecule has 168 valence electrons. The molecule has 0 aliphatic carbocycles. The number of halogens is 2. The van der Waals surface area contributed by atoms with E-state index in [4.69, 9.17) is 4.42 Å². The molecule has 0 aliphatic rings. The number of aryl methyl sites for hydroxylation is 1. The number of rotatable bonds is 6. The second kappa shape index (κ2) is 8.82. The van der Waals surface area contributed by atoms with Gasteiger partial charge in [-0.25, -0.2) is 14.2 Å². The van der Waals surface area contributed by atoms with Crippen molar-refractivity contribution in [3.05, 3.63) is 77.1 Å². The van der Waals surface area contributed by atoms with E-state index in [0.717, 1.165) is 12.0 Å². The molecular weight excluding hydrogens is 430 g/mol. The van der Waals surface area contributed by atoms with Gasteiger partial charge >= 0.3 is 5.97 Å². The number of aromatic carboxylic acids is 1. The second-order valence-electron chi connectivity index (χ2n) is 7.52. The number of carbonyl (C=O) groups excluding carboxylic acids is 1. The molecular formula is C25H20F2N2O4. The molecule has 0 aliphatic heterocycles. The molecule has 33 heavy (non-hydrogen) atoms. The number of hydrogen-bond acceptors (Lipinski definition) is 4. The summed E-state index contributed by atoms with van der Waals surface area (Å²) in [5, 5.41) is 12.4. The van der Waals surface area contributed by atoms with Crippen LogP contribution in [0.3, 0.4) is 0 Å². The summed E-state index contributed by atoms with van der Waals surface area (Å²) in [7, 11) is 1.49. The van der Waals surface area contributed by atoms with Gasteiger partial charge in [-0.2, -0.15) is 4.39 Å². The number of hydrogen-bond donors (Lipinski definition) is 2. The van der Waals surface area contributed by atoms with E-state index < -0.39 is 29.2 Å². The first-order chi connectivity index (χ1) is 15.8. The standard InChI is InChI=1S/C25H20F2N2O4/c1-3-4-14-10-20-18(11-17(14)15-9-19(25(31)32)23(27)29-12-15)21(24(30)28-2)22(33-20)13-5-7-16(26)8-6-13/h5-12H,3-4H2,1-2H3,(H,28,30)(H,31,32). The van der Waals surface area contributed by atoms with Gasteiger partial charge in [-0.05, 0) is 60.0 Å². The molecule has 0 saturated carbocycles. The number of nitrogens with one attached hydrogen (secondary N) is 1. The van der Waals surface area contributed by atoms with Crippen molar-refractivity contribution in [3.8, 4) is 22.5 Å². The first-order valence-corrected chi connectivity index (χ1v) is 10.3. The van der Waals surface area contributed by atoms with Gasteiger partial charge in [0.25, 0.3) is 5.91 Å². The van der Waals surface area contributed by atoms with Gasteiger partial charge in [-0.3, -0.25) is 4.79 Å². The van der Waals surface area contributed by atoms with Crippen molar-refractivity contribution >= 4 is 22.8 Å². The second-order valence-corrected chi connectivity index (χ2v) is 7.52. The third kappa shape index (κ3) is 4.07. The highest BCUT2D eigenvalue weighted by molar-refractivity contribution is 6.12. The highest BCUT2D eigenvalue weighted by atomic mass is 19.1. The average molecular weight is 450 g/mol. The van der Waals surface area contributed by atoms with Crippen LogP contribution in [-0.4, -0.2) is 29.0 Å². The molecule has 6 nitrogen and oxygen atoms in total. The van der Waals surface area contributed by atoms with Gasteiger partial charge in [0.05, 0.1) is 5.56 Å². The van der Waals surface area contributed by atoms with E-state index in [-0.39, 0.29) is 11.3 Å². The van der Waals surface area contributed by atoms with Gasteiger partial charge in [-0.1, -0.05) is 13.3 Å². The lowest BCUT2D eigenvalue weighted by Gasteiger charge is -2.11. The minimum absolute atomic E-state index is 0.261. The fourth-order valence-corrected chi connectivity index (χ4v) is 3.83. The Kier molecular flexibility index (Phi) is 5.91. The van der Waals surface area contributed by atoms with Crippen LogP contribution >= 0.6 is 0 Å². The Hall–Kier alpha value is -4.07. The molecule has 0 saturated heterocycles. The zero-order valence-corrected chi connectivity index (χ0v) is 17.9. The van der Waals surface area contributed by atoms with Crippen LogP contribution in [0.15, 0.2) is 53.1 Å². The van der Waals surface area contributed by atoms with Crippen molar-refractivity contribution in [1.29, 1.82) is 0 Å². The number of aromatic nitrogens is 1.